The number of nitrogens with zero attached hydrogens (tertiary/aromatic N) is 1. The van der Waals surface area contributed by atoms with Crippen LogP contribution >= 0.6 is 0 Å². The standard InChI is InChI=1S/C14H16N4O2/c1-8(19)16-10-4-2-9(3-5-10)12-13(15)17-14(20)18(12)11-6-7-11/h2-5,11-12H,6-7H2,1H3,(H,16,19)(H2,15,17,20). The highest BCUT2D eigenvalue weighted by Gasteiger charge is 2.44. The van der Waals surface area contributed by atoms with Crippen LogP contribution in [0.1, 0.15) is 31.4 Å². The lowest BCUT2D eigenvalue weighted by Crippen LogP contribution is -2.31. The second-order valence-corrected chi connectivity index (χ2v) is 5.19. The third kappa shape index (κ3) is 2.24. The first-order chi connectivity index (χ1) is 9.56. The van der Waals surface area contributed by atoms with Crippen molar-refractivity contribution in [2.24, 2.45) is 0 Å². The molecule has 1 unspecified atom stereocenters. The lowest BCUT2D eigenvalue weighted by atomic mass is 10.0. The summed E-state index contributed by atoms with van der Waals surface area (Å²) in [6.07, 6.45) is 2.00. The molecule has 1 saturated heterocycles. The van der Waals surface area contributed by atoms with Crippen LogP contribution in [0.3, 0.4) is 0 Å². The van der Waals surface area contributed by atoms with Crippen molar-refractivity contribution in [3.05, 3.63) is 29.8 Å². The highest BCUT2D eigenvalue weighted by molar-refractivity contribution is 6.06. The van der Waals surface area contributed by atoms with Gasteiger partial charge in [0.05, 0.1) is 0 Å². The molecule has 1 heterocycles. The van der Waals surface area contributed by atoms with E-state index >= 15 is 0 Å². The van der Waals surface area contributed by atoms with Crippen LogP contribution in [0.25, 0.3) is 0 Å². The van der Waals surface area contributed by atoms with Crippen LogP contribution in [0, 0.1) is 5.41 Å². The van der Waals surface area contributed by atoms with Crippen molar-refractivity contribution < 1.29 is 9.59 Å². The average Bonchev–Trinajstić information content (AvgIpc) is 3.16. The number of benzene rings is 1. The Hall–Kier alpha value is -2.37. The molecule has 20 heavy (non-hydrogen) atoms. The maximum atomic E-state index is 11.9. The fourth-order valence-corrected chi connectivity index (χ4v) is 2.51. The minimum Gasteiger partial charge on any atom is -0.326 e. The lowest BCUT2D eigenvalue weighted by Gasteiger charge is -2.22. The molecule has 1 aliphatic carbocycles. The molecule has 6 heteroatoms. The fraction of sp³-hybridized carbons (Fsp3) is 0.357. The number of hydrogen-bond donors (Lipinski definition) is 3. The van der Waals surface area contributed by atoms with Gasteiger partial charge in [-0.15, -0.1) is 0 Å². The molecular formula is C14H16N4O2. The Morgan fingerprint density at radius 3 is 2.55 bits per heavy atom. The fourth-order valence-electron chi connectivity index (χ4n) is 2.51. The van der Waals surface area contributed by atoms with E-state index in [0.29, 0.717) is 5.69 Å². The van der Waals surface area contributed by atoms with E-state index in [2.05, 4.69) is 10.6 Å². The van der Waals surface area contributed by atoms with Crippen molar-refractivity contribution >= 4 is 23.5 Å². The van der Waals surface area contributed by atoms with Gasteiger partial charge in [-0.2, -0.15) is 0 Å². The second kappa shape index (κ2) is 4.63. The number of carbonyl (C=O) groups is 2. The zero-order valence-electron chi connectivity index (χ0n) is 11.1. The molecule has 0 aromatic heterocycles. The first-order valence-electron chi connectivity index (χ1n) is 6.61. The van der Waals surface area contributed by atoms with Crippen LogP contribution in [-0.2, 0) is 4.79 Å². The van der Waals surface area contributed by atoms with Gasteiger partial charge < -0.3 is 10.2 Å². The van der Waals surface area contributed by atoms with E-state index in [1.165, 1.54) is 6.92 Å². The highest BCUT2D eigenvalue weighted by Crippen LogP contribution is 2.37. The van der Waals surface area contributed by atoms with E-state index in [9.17, 15) is 9.59 Å². The predicted molar refractivity (Wildman–Crippen MR) is 74.6 cm³/mol. The Labute approximate surface area is 116 Å². The van der Waals surface area contributed by atoms with E-state index in [4.69, 9.17) is 5.41 Å². The van der Waals surface area contributed by atoms with Gasteiger partial charge in [-0.3, -0.25) is 15.5 Å². The SMILES string of the molecule is CC(=O)Nc1ccc(C2C(=N)NC(=O)N2C2CC2)cc1. The van der Waals surface area contributed by atoms with E-state index in [-0.39, 0.29) is 29.9 Å². The Balaban J connectivity index is 1.85. The first-order valence-corrected chi connectivity index (χ1v) is 6.61. The molecule has 2 fully saturated rings. The molecule has 2 aliphatic rings. The number of anilines is 1. The van der Waals surface area contributed by atoms with Crippen molar-refractivity contribution in [2.75, 3.05) is 5.32 Å². The van der Waals surface area contributed by atoms with Gasteiger partial charge in [-0.05, 0) is 30.5 Å². The van der Waals surface area contributed by atoms with Crippen molar-refractivity contribution in [2.45, 2.75) is 31.8 Å². The van der Waals surface area contributed by atoms with Crippen LogP contribution in [0.2, 0.25) is 0 Å². The number of amidine groups is 1. The van der Waals surface area contributed by atoms with Crippen molar-refractivity contribution in [3.8, 4) is 0 Å². The zero-order chi connectivity index (χ0) is 14.3. The largest absolute Gasteiger partial charge is 0.326 e. The van der Waals surface area contributed by atoms with Crippen LogP contribution < -0.4 is 10.6 Å². The molecule has 1 aromatic carbocycles. The van der Waals surface area contributed by atoms with E-state index < -0.39 is 0 Å². The summed E-state index contributed by atoms with van der Waals surface area (Å²) in [6.45, 7) is 1.46. The van der Waals surface area contributed by atoms with Gasteiger partial charge in [0.1, 0.15) is 11.9 Å². The quantitative estimate of drug-likeness (QED) is 0.784. The number of nitrogens with one attached hydrogen (secondary N) is 3. The summed E-state index contributed by atoms with van der Waals surface area (Å²) in [5.74, 6) is 0.0944. The van der Waals surface area contributed by atoms with Gasteiger partial charge in [0.2, 0.25) is 5.91 Å². The average molecular weight is 272 g/mol. The van der Waals surface area contributed by atoms with Gasteiger partial charge in [-0.25, -0.2) is 4.79 Å². The number of urea groups is 1. The van der Waals surface area contributed by atoms with E-state index in [0.717, 1.165) is 18.4 Å². The zero-order valence-corrected chi connectivity index (χ0v) is 11.1. The third-order valence-electron chi connectivity index (χ3n) is 3.51. The van der Waals surface area contributed by atoms with Gasteiger partial charge >= 0.3 is 6.03 Å². The number of hydrogen-bond acceptors (Lipinski definition) is 3. The molecule has 3 N–H and O–H groups in total. The minimum atomic E-state index is -0.332. The molecule has 0 spiro atoms. The van der Waals surface area contributed by atoms with Gasteiger partial charge in [0, 0.05) is 18.7 Å². The summed E-state index contributed by atoms with van der Waals surface area (Å²) >= 11 is 0. The Morgan fingerprint density at radius 2 is 2.00 bits per heavy atom. The first kappa shape index (κ1) is 12.7. The molecular weight excluding hydrogens is 256 g/mol. The van der Waals surface area contributed by atoms with Crippen molar-refractivity contribution in [1.82, 2.24) is 10.2 Å². The highest BCUT2D eigenvalue weighted by atomic mass is 16.2. The summed E-state index contributed by atoms with van der Waals surface area (Å²) in [5, 5.41) is 13.2. The van der Waals surface area contributed by atoms with Crippen LogP contribution in [-0.4, -0.2) is 28.7 Å². The molecule has 3 rings (SSSR count). The number of amides is 3. The summed E-state index contributed by atoms with van der Waals surface area (Å²) in [6, 6.07) is 7.00. The van der Waals surface area contributed by atoms with E-state index in [1.807, 2.05) is 12.1 Å². The Morgan fingerprint density at radius 1 is 1.35 bits per heavy atom. The topological polar surface area (TPSA) is 85.3 Å². The molecule has 0 radical (unpaired) electrons. The van der Waals surface area contributed by atoms with Crippen molar-refractivity contribution in [3.63, 3.8) is 0 Å². The Kier molecular flexibility index (Phi) is 2.93. The summed E-state index contributed by atoms with van der Waals surface area (Å²) < 4.78 is 0. The summed E-state index contributed by atoms with van der Waals surface area (Å²) in [7, 11) is 0. The van der Waals surface area contributed by atoms with Crippen molar-refractivity contribution in [1.29, 1.82) is 5.41 Å². The molecule has 1 aliphatic heterocycles. The molecule has 1 aromatic rings. The maximum absolute atomic E-state index is 11.9. The summed E-state index contributed by atoms with van der Waals surface area (Å²) in [4.78, 5) is 24.6. The monoisotopic (exact) mass is 272 g/mol. The number of carbonyl (C=O) groups excluding carboxylic acids is 2. The molecule has 1 saturated carbocycles. The van der Waals surface area contributed by atoms with Gasteiger partial charge in [-0.1, -0.05) is 12.1 Å². The van der Waals surface area contributed by atoms with Gasteiger partial charge in [0.15, 0.2) is 0 Å². The molecule has 3 amide bonds. The predicted octanol–water partition coefficient (Wildman–Crippen LogP) is 1.85. The van der Waals surface area contributed by atoms with Crippen LogP contribution in [0.5, 0.6) is 0 Å². The van der Waals surface area contributed by atoms with Crippen LogP contribution in [0.15, 0.2) is 24.3 Å². The minimum absolute atomic E-state index is 0.122. The molecule has 1 atom stereocenters. The second-order valence-electron chi connectivity index (χ2n) is 5.19. The summed E-state index contributed by atoms with van der Waals surface area (Å²) in [5.41, 5.74) is 1.59. The third-order valence-corrected chi connectivity index (χ3v) is 3.51. The van der Waals surface area contributed by atoms with E-state index in [1.54, 1.807) is 17.0 Å². The number of rotatable bonds is 3. The van der Waals surface area contributed by atoms with Gasteiger partial charge in [0.25, 0.3) is 0 Å². The normalized spacial score (nSPS) is 21.9. The molecule has 0 bridgehead atoms. The smallest absolute Gasteiger partial charge is 0.323 e. The molecule has 6 nitrogen and oxygen atoms in total. The lowest BCUT2D eigenvalue weighted by molar-refractivity contribution is -0.114. The maximum Gasteiger partial charge on any atom is 0.323 e. The Bertz CT molecular complexity index is 577. The van der Waals surface area contributed by atoms with Crippen LogP contribution in [0.4, 0.5) is 10.5 Å². The molecule has 104 valence electrons.